The topological polar surface area (TPSA) is 68.2 Å². The third-order valence-electron chi connectivity index (χ3n) is 4.49. The van der Waals surface area contributed by atoms with Gasteiger partial charge < -0.3 is 9.88 Å². The number of benzene rings is 2. The molecule has 3 rings (SSSR count). The second kappa shape index (κ2) is 7.33. The summed E-state index contributed by atoms with van der Waals surface area (Å²) >= 11 is 0. The number of hydrogen-bond donors (Lipinski definition) is 1. The third-order valence-corrected chi connectivity index (χ3v) is 6.24. The van der Waals surface area contributed by atoms with Crippen LogP contribution in [0, 0.1) is 0 Å². The molecule has 0 radical (unpaired) electrons. The maximum Gasteiger partial charge on any atom is 0.251 e. The van der Waals surface area contributed by atoms with Crippen LogP contribution in [0.4, 0.5) is 0 Å². The molecule has 1 aromatic heterocycles. The highest BCUT2D eigenvalue weighted by atomic mass is 32.2. The van der Waals surface area contributed by atoms with Crippen molar-refractivity contribution in [3.8, 4) is 0 Å². The van der Waals surface area contributed by atoms with Crippen LogP contribution in [-0.2, 0) is 22.9 Å². The number of aryl methyl sites for hydroxylation is 1. The first-order valence-corrected chi connectivity index (χ1v) is 10.3. The molecule has 3 aromatic rings. The standard InChI is InChI=1S/C20H22N2O3S/c1-3-22-12-11-16-13-17(7-10-19(16)22)20(23)21-14-15-5-8-18(9-6-15)26(24,25)4-2/h5-13H,3-4,14H2,1-2H3,(H,21,23). The molecular weight excluding hydrogens is 348 g/mol. The van der Waals surface area contributed by atoms with Crippen LogP contribution in [-0.4, -0.2) is 24.6 Å². The zero-order valence-corrected chi connectivity index (χ0v) is 15.7. The largest absolute Gasteiger partial charge is 0.348 e. The summed E-state index contributed by atoms with van der Waals surface area (Å²) in [5.41, 5.74) is 2.57. The maximum atomic E-state index is 12.4. The summed E-state index contributed by atoms with van der Waals surface area (Å²) in [5.74, 6) is -0.0768. The molecule has 0 aliphatic rings. The van der Waals surface area contributed by atoms with E-state index in [2.05, 4.69) is 16.8 Å². The lowest BCUT2D eigenvalue weighted by Crippen LogP contribution is -2.22. The van der Waals surface area contributed by atoms with E-state index >= 15 is 0 Å². The van der Waals surface area contributed by atoms with Gasteiger partial charge in [0.25, 0.3) is 5.91 Å². The SMILES string of the molecule is CCn1ccc2cc(C(=O)NCc3ccc(S(=O)(=O)CC)cc3)ccc21. The summed E-state index contributed by atoms with van der Waals surface area (Å²) in [6.07, 6.45) is 2.01. The Morgan fingerprint density at radius 2 is 1.77 bits per heavy atom. The molecular formula is C20H22N2O3S. The van der Waals surface area contributed by atoms with Gasteiger partial charge in [-0.3, -0.25) is 4.79 Å². The van der Waals surface area contributed by atoms with Crippen molar-refractivity contribution in [1.29, 1.82) is 0 Å². The minimum absolute atomic E-state index is 0.0747. The normalized spacial score (nSPS) is 11.6. The van der Waals surface area contributed by atoms with Gasteiger partial charge in [-0.15, -0.1) is 0 Å². The van der Waals surface area contributed by atoms with E-state index in [9.17, 15) is 13.2 Å². The number of nitrogens with zero attached hydrogens (tertiary/aromatic N) is 1. The van der Waals surface area contributed by atoms with Crippen molar-refractivity contribution >= 4 is 26.6 Å². The number of nitrogens with one attached hydrogen (secondary N) is 1. The van der Waals surface area contributed by atoms with Crippen molar-refractivity contribution in [3.05, 3.63) is 65.9 Å². The minimum Gasteiger partial charge on any atom is -0.348 e. The molecule has 0 aliphatic heterocycles. The fraction of sp³-hybridized carbons (Fsp3) is 0.250. The zero-order valence-electron chi connectivity index (χ0n) is 14.9. The molecule has 0 saturated heterocycles. The van der Waals surface area contributed by atoms with Crippen LogP contribution in [0.3, 0.4) is 0 Å². The second-order valence-electron chi connectivity index (χ2n) is 6.11. The van der Waals surface area contributed by atoms with Crippen LogP contribution in [0.1, 0.15) is 29.8 Å². The fourth-order valence-electron chi connectivity index (χ4n) is 2.88. The van der Waals surface area contributed by atoms with Gasteiger partial charge in [-0.25, -0.2) is 8.42 Å². The van der Waals surface area contributed by atoms with Gasteiger partial charge in [0.2, 0.25) is 0 Å². The molecule has 5 nitrogen and oxygen atoms in total. The van der Waals surface area contributed by atoms with Gasteiger partial charge in [0.15, 0.2) is 9.84 Å². The summed E-state index contributed by atoms with van der Waals surface area (Å²) in [6, 6.07) is 14.3. The Bertz CT molecular complexity index is 1030. The average molecular weight is 370 g/mol. The number of amides is 1. The van der Waals surface area contributed by atoms with Crippen molar-refractivity contribution < 1.29 is 13.2 Å². The summed E-state index contributed by atoms with van der Waals surface area (Å²) in [5, 5.41) is 3.91. The molecule has 1 N–H and O–H groups in total. The van der Waals surface area contributed by atoms with Crippen LogP contribution in [0.15, 0.2) is 59.6 Å². The van der Waals surface area contributed by atoms with E-state index in [0.717, 1.165) is 23.0 Å². The van der Waals surface area contributed by atoms with E-state index < -0.39 is 9.84 Å². The van der Waals surface area contributed by atoms with E-state index in [1.165, 1.54) is 0 Å². The first kappa shape index (κ1) is 18.2. The summed E-state index contributed by atoms with van der Waals surface area (Å²) < 4.78 is 25.8. The van der Waals surface area contributed by atoms with Crippen LogP contribution in [0.5, 0.6) is 0 Å². The molecule has 2 aromatic carbocycles. The molecule has 0 saturated carbocycles. The maximum absolute atomic E-state index is 12.4. The van der Waals surface area contributed by atoms with Gasteiger partial charge in [-0.05, 0) is 48.9 Å². The highest BCUT2D eigenvalue weighted by molar-refractivity contribution is 7.91. The molecule has 26 heavy (non-hydrogen) atoms. The molecule has 1 amide bonds. The highest BCUT2D eigenvalue weighted by Crippen LogP contribution is 2.18. The smallest absolute Gasteiger partial charge is 0.251 e. The van der Waals surface area contributed by atoms with Crippen molar-refractivity contribution in [3.63, 3.8) is 0 Å². The zero-order chi connectivity index (χ0) is 18.7. The molecule has 136 valence electrons. The third kappa shape index (κ3) is 3.65. The Labute approximate surface area is 153 Å². The fourth-order valence-corrected chi connectivity index (χ4v) is 3.77. The number of aromatic nitrogens is 1. The number of carbonyl (C=O) groups is 1. The van der Waals surface area contributed by atoms with Crippen LogP contribution in [0.2, 0.25) is 0 Å². The van der Waals surface area contributed by atoms with Gasteiger partial charge in [0.05, 0.1) is 10.6 Å². The van der Waals surface area contributed by atoms with Crippen molar-refractivity contribution in [2.45, 2.75) is 31.8 Å². The molecule has 0 aliphatic carbocycles. The molecule has 6 heteroatoms. The summed E-state index contributed by atoms with van der Waals surface area (Å²) in [7, 11) is -3.20. The lowest BCUT2D eigenvalue weighted by Gasteiger charge is -2.08. The highest BCUT2D eigenvalue weighted by Gasteiger charge is 2.11. The lowest BCUT2D eigenvalue weighted by molar-refractivity contribution is 0.0951. The number of fused-ring (bicyclic) bond motifs is 1. The van der Waals surface area contributed by atoms with Gasteiger partial charge >= 0.3 is 0 Å². The van der Waals surface area contributed by atoms with Gasteiger partial charge in [-0.1, -0.05) is 19.1 Å². The molecule has 1 heterocycles. The summed E-state index contributed by atoms with van der Waals surface area (Å²) in [6.45, 7) is 4.93. The Balaban J connectivity index is 1.69. The number of rotatable bonds is 6. The van der Waals surface area contributed by atoms with Crippen LogP contribution < -0.4 is 5.32 Å². The molecule has 0 atom stereocenters. The quantitative estimate of drug-likeness (QED) is 0.723. The average Bonchev–Trinajstić information content (AvgIpc) is 3.08. The van der Waals surface area contributed by atoms with Gasteiger partial charge in [-0.2, -0.15) is 0 Å². The van der Waals surface area contributed by atoms with E-state index in [1.807, 2.05) is 30.5 Å². The van der Waals surface area contributed by atoms with Crippen molar-refractivity contribution in [1.82, 2.24) is 9.88 Å². The molecule has 0 bridgehead atoms. The lowest BCUT2D eigenvalue weighted by atomic mass is 10.1. The van der Waals surface area contributed by atoms with Crippen LogP contribution in [0.25, 0.3) is 10.9 Å². The predicted molar refractivity (Wildman–Crippen MR) is 103 cm³/mol. The van der Waals surface area contributed by atoms with Crippen LogP contribution >= 0.6 is 0 Å². The first-order valence-electron chi connectivity index (χ1n) is 8.63. The number of hydrogen-bond acceptors (Lipinski definition) is 3. The van der Waals surface area contributed by atoms with E-state index in [4.69, 9.17) is 0 Å². The summed E-state index contributed by atoms with van der Waals surface area (Å²) in [4.78, 5) is 12.7. The van der Waals surface area contributed by atoms with E-state index in [-0.39, 0.29) is 11.7 Å². The molecule has 0 fully saturated rings. The Kier molecular flexibility index (Phi) is 5.13. The molecule has 0 unspecified atom stereocenters. The van der Waals surface area contributed by atoms with E-state index in [0.29, 0.717) is 17.0 Å². The Morgan fingerprint density at radius 1 is 1.04 bits per heavy atom. The van der Waals surface area contributed by atoms with Gasteiger partial charge in [0, 0.05) is 35.8 Å². The first-order chi connectivity index (χ1) is 12.4. The van der Waals surface area contributed by atoms with E-state index in [1.54, 1.807) is 31.2 Å². The monoisotopic (exact) mass is 370 g/mol. The number of carbonyl (C=O) groups excluding carboxylic acids is 1. The van der Waals surface area contributed by atoms with Crippen molar-refractivity contribution in [2.75, 3.05) is 5.75 Å². The molecule has 0 spiro atoms. The van der Waals surface area contributed by atoms with Gasteiger partial charge in [0.1, 0.15) is 0 Å². The minimum atomic E-state index is -3.20. The number of sulfone groups is 1. The van der Waals surface area contributed by atoms with Crippen molar-refractivity contribution in [2.24, 2.45) is 0 Å². The Hall–Kier alpha value is -2.60. The predicted octanol–water partition coefficient (Wildman–Crippen LogP) is 3.38. The second-order valence-corrected chi connectivity index (χ2v) is 8.38. The Morgan fingerprint density at radius 3 is 2.42 bits per heavy atom.